The minimum Gasteiger partial charge on any atom is -0.338 e. The molecule has 1 aromatic heterocycles. The van der Waals surface area contributed by atoms with Crippen molar-refractivity contribution in [2.24, 2.45) is 5.92 Å². The number of nitrogens with zero attached hydrogens (tertiary/aromatic N) is 4. The molecule has 0 bridgehead atoms. The fraction of sp³-hybridized carbons (Fsp3) is 0.636. The number of carbonyl (C=O) groups is 1. The normalized spacial score (nSPS) is 18.8. The number of hydrogen-bond donors (Lipinski definition) is 0. The molecule has 0 aromatic carbocycles. The third kappa shape index (κ3) is 2.34. The number of nitro groups is 1. The molecule has 1 fully saturated rings. The topological polar surface area (TPSA) is 81.3 Å². The summed E-state index contributed by atoms with van der Waals surface area (Å²) in [6, 6.07) is 0.294. The van der Waals surface area contributed by atoms with Crippen LogP contribution < -0.4 is 0 Å². The van der Waals surface area contributed by atoms with Crippen molar-refractivity contribution >= 4 is 11.6 Å². The number of amides is 1. The lowest BCUT2D eigenvalue weighted by Crippen LogP contribution is -2.54. The van der Waals surface area contributed by atoms with Gasteiger partial charge in [0.1, 0.15) is 18.9 Å². The van der Waals surface area contributed by atoms with Crippen LogP contribution in [0.1, 0.15) is 20.3 Å². The van der Waals surface area contributed by atoms with Gasteiger partial charge in [0, 0.05) is 12.6 Å². The molecule has 7 nitrogen and oxygen atoms in total. The van der Waals surface area contributed by atoms with E-state index in [-0.39, 0.29) is 18.1 Å². The van der Waals surface area contributed by atoms with E-state index in [2.05, 4.69) is 18.9 Å². The van der Waals surface area contributed by atoms with E-state index in [1.54, 1.807) is 0 Å². The third-order valence-electron chi connectivity index (χ3n) is 3.28. The summed E-state index contributed by atoms with van der Waals surface area (Å²) in [4.78, 5) is 23.8. The van der Waals surface area contributed by atoms with Crippen molar-refractivity contribution in [2.75, 3.05) is 6.54 Å². The Bertz CT molecular complexity index is 469. The molecule has 1 amide bonds. The van der Waals surface area contributed by atoms with E-state index >= 15 is 0 Å². The first-order chi connectivity index (χ1) is 8.49. The van der Waals surface area contributed by atoms with E-state index in [1.165, 1.54) is 10.9 Å². The van der Waals surface area contributed by atoms with Crippen LogP contribution >= 0.6 is 0 Å². The monoisotopic (exact) mass is 252 g/mol. The Hall–Kier alpha value is -1.92. The third-order valence-corrected chi connectivity index (χ3v) is 3.28. The molecule has 18 heavy (non-hydrogen) atoms. The van der Waals surface area contributed by atoms with Gasteiger partial charge in [0.05, 0.1) is 4.92 Å². The summed E-state index contributed by atoms with van der Waals surface area (Å²) in [5.41, 5.74) is -0.0909. The molecule has 2 rings (SSSR count). The van der Waals surface area contributed by atoms with Gasteiger partial charge >= 0.3 is 5.69 Å². The van der Waals surface area contributed by atoms with E-state index < -0.39 is 4.92 Å². The molecule has 0 radical (unpaired) electrons. The Morgan fingerprint density at radius 2 is 2.39 bits per heavy atom. The van der Waals surface area contributed by atoms with Gasteiger partial charge in [-0.05, 0) is 12.3 Å². The molecule has 0 saturated carbocycles. The van der Waals surface area contributed by atoms with Gasteiger partial charge in [0.25, 0.3) is 0 Å². The summed E-state index contributed by atoms with van der Waals surface area (Å²) < 4.78 is 1.32. The Labute approximate surface area is 105 Å². The molecule has 1 saturated heterocycles. The van der Waals surface area contributed by atoms with Crippen molar-refractivity contribution in [3.05, 3.63) is 22.5 Å². The molecule has 1 aromatic rings. The maximum atomic E-state index is 12.0. The number of hydrogen-bond acceptors (Lipinski definition) is 4. The van der Waals surface area contributed by atoms with Gasteiger partial charge in [0.15, 0.2) is 0 Å². The molecule has 0 spiro atoms. The molecule has 1 atom stereocenters. The molecule has 1 unspecified atom stereocenters. The average molecular weight is 252 g/mol. The van der Waals surface area contributed by atoms with Gasteiger partial charge in [0.2, 0.25) is 5.91 Å². The highest BCUT2D eigenvalue weighted by molar-refractivity contribution is 5.77. The molecular weight excluding hydrogens is 236 g/mol. The predicted molar refractivity (Wildman–Crippen MR) is 63.8 cm³/mol. The van der Waals surface area contributed by atoms with Crippen LogP contribution in [-0.4, -0.2) is 38.1 Å². The maximum absolute atomic E-state index is 12.0. The predicted octanol–water partition coefficient (Wildman–Crippen LogP) is 1.05. The van der Waals surface area contributed by atoms with Crippen LogP contribution in [0.25, 0.3) is 0 Å². The van der Waals surface area contributed by atoms with E-state index in [4.69, 9.17) is 0 Å². The standard InChI is InChI=1S/C11H16N4O3/c1-8(2)10-3-4-14(10)11(16)7-13-6-9(5-12-13)15(17)18/h5-6,8,10H,3-4,7H2,1-2H3. The summed E-state index contributed by atoms with van der Waals surface area (Å²) in [6.07, 6.45) is 3.47. The van der Waals surface area contributed by atoms with Gasteiger partial charge in [-0.25, -0.2) is 0 Å². The van der Waals surface area contributed by atoms with Gasteiger partial charge in [-0.15, -0.1) is 0 Å². The number of aromatic nitrogens is 2. The fourth-order valence-electron chi connectivity index (χ4n) is 2.17. The zero-order chi connectivity index (χ0) is 13.3. The van der Waals surface area contributed by atoms with Crippen LogP contribution in [0.2, 0.25) is 0 Å². The lowest BCUT2D eigenvalue weighted by molar-refractivity contribution is -0.385. The smallest absolute Gasteiger partial charge is 0.307 e. The quantitative estimate of drug-likeness (QED) is 0.592. The van der Waals surface area contributed by atoms with Crippen molar-refractivity contribution in [3.8, 4) is 0 Å². The van der Waals surface area contributed by atoms with Gasteiger partial charge in [-0.3, -0.25) is 19.6 Å². The van der Waals surface area contributed by atoms with Crippen LogP contribution in [0.5, 0.6) is 0 Å². The van der Waals surface area contributed by atoms with E-state index in [0.29, 0.717) is 12.0 Å². The summed E-state index contributed by atoms with van der Waals surface area (Å²) in [7, 11) is 0. The molecule has 2 heterocycles. The highest BCUT2D eigenvalue weighted by Crippen LogP contribution is 2.24. The van der Waals surface area contributed by atoms with Gasteiger partial charge in [-0.1, -0.05) is 13.8 Å². The zero-order valence-electron chi connectivity index (χ0n) is 10.4. The first-order valence-corrected chi connectivity index (χ1v) is 5.95. The fourth-order valence-corrected chi connectivity index (χ4v) is 2.17. The van der Waals surface area contributed by atoms with Gasteiger partial charge < -0.3 is 4.90 Å². The lowest BCUT2D eigenvalue weighted by Gasteiger charge is -2.43. The van der Waals surface area contributed by atoms with Crippen molar-refractivity contribution < 1.29 is 9.72 Å². The van der Waals surface area contributed by atoms with Crippen molar-refractivity contribution in [2.45, 2.75) is 32.9 Å². The molecule has 1 aliphatic heterocycles. The molecule has 0 aliphatic carbocycles. The molecule has 7 heteroatoms. The number of carbonyl (C=O) groups excluding carboxylic acids is 1. The second kappa shape index (κ2) is 4.75. The van der Waals surface area contributed by atoms with Crippen molar-refractivity contribution in [1.29, 1.82) is 0 Å². The van der Waals surface area contributed by atoms with Crippen LogP contribution in [0, 0.1) is 16.0 Å². The van der Waals surface area contributed by atoms with Crippen LogP contribution in [0.15, 0.2) is 12.4 Å². The van der Waals surface area contributed by atoms with E-state index in [0.717, 1.165) is 19.2 Å². The highest BCUT2D eigenvalue weighted by Gasteiger charge is 2.34. The van der Waals surface area contributed by atoms with E-state index in [9.17, 15) is 14.9 Å². The van der Waals surface area contributed by atoms with Crippen LogP contribution in [-0.2, 0) is 11.3 Å². The van der Waals surface area contributed by atoms with Crippen molar-refractivity contribution in [3.63, 3.8) is 0 Å². The van der Waals surface area contributed by atoms with Gasteiger partial charge in [-0.2, -0.15) is 5.10 Å². The highest BCUT2D eigenvalue weighted by atomic mass is 16.6. The van der Waals surface area contributed by atoms with Crippen LogP contribution in [0.4, 0.5) is 5.69 Å². The van der Waals surface area contributed by atoms with Crippen LogP contribution in [0.3, 0.4) is 0 Å². The second-order valence-corrected chi connectivity index (χ2v) is 4.84. The Balaban J connectivity index is 1.96. The molecule has 98 valence electrons. The largest absolute Gasteiger partial charge is 0.338 e. The molecule has 1 aliphatic rings. The summed E-state index contributed by atoms with van der Waals surface area (Å²) in [5.74, 6) is 0.410. The lowest BCUT2D eigenvalue weighted by atomic mass is 9.92. The number of likely N-dealkylation sites (tertiary alicyclic amines) is 1. The minimum atomic E-state index is -0.519. The first-order valence-electron chi connectivity index (χ1n) is 5.95. The Morgan fingerprint density at radius 3 is 2.83 bits per heavy atom. The maximum Gasteiger partial charge on any atom is 0.307 e. The Morgan fingerprint density at radius 1 is 1.67 bits per heavy atom. The molecule has 0 N–H and O–H groups in total. The summed E-state index contributed by atoms with van der Waals surface area (Å²) >= 11 is 0. The zero-order valence-corrected chi connectivity index (χ0v) is 10.4. The average Bonchev–Trinajstić information content (AvgIpc) is 2.62. The minimum absolute atomic E-state index is 0.0297. The summed E-state index contributed by atoms with van der Waals surface area (Å²) in [5, 5.41) is 14.3. The Kier molecular flexibility index (Phi) is 3.31. The molecular formula is C11H16N4O3. The SMILES string of the molecule is CC(C)C1CCN1C(=O)Cn1cc([N+](=O)[O-])cn1. The summed E-state index contributed by atoms with van der Waals surface area (Å²) in [6.45, 7) is 5.01. The van der Waals surface area contributed by atoms with Crippen molar-refractivity contribution in [1.82, 2.24) is 14.7 Å². The first kappa shape index (κ1) is 12.5. The number of rotatable bonds is 4. The van der Waals surface area contributed by atoms with E-state index in [1.807, 2.05) is 4.90 Å². The second-order valence-electron chi connectivity index (χ2n) is 4.84.